The van der Waals surface area contributed by atoms with Crippen molar-refractivity contribution in [3.63, 3.8) is 0 Å². The van der Waals surface area contributed by atoms with Gasteiger partial charge in [-0.15, -0.1) is 11.3 Å². The van der Waals surface area contributed by atoms with Gasteiger partial charge >= 0.3 is 0 Å². The average molecular weight is 361 g/mol. The minimum Gasteiger partial charge on any atom is -0.342 e. The van der Waals surface area contributed by atoms with Gasteiger partial charge in [0.25, 0.3) is 5.91 Å². The zero-order valence-corrected chi connectivity index (χ0v) is 15.8. The molecule has 2 fully saturated rings. The molecule has 0 aromatic carbocycles. The van der Waals surface area contributed by atoms with E-state index in [9.17, 15) is 9.59 Å². The van der Waals surface area contributed by atoms with Gasteiger partial charge in [-0.2, -0.15) is 0 Å². The van der Waals surface area contributed by atoms with Gasteiger partial charge in [0, 0.05) is 37.0 Å². The van der Waals surface area contributed by atoms with Crippen molar-refractivity contribution in [2.75, 3.05) is 26.2 Å². The van der Waals surface area contributed by atoms with Gasteiger partial charge in [0.15, 0.2) is 0 Å². The van der Waals surface area contributed by atoms with Gasteiger partial charge in [0.05, 0.1) is 4.88 Å². The topological polar surface area (TPSA) is 40.6 Å². The first-order valence-electron chi connectivity index (χ1n) is 9.92. The number of amides is 2. The van der Waals surface area contributed by atoms with Gasteiger partial charge in [0.2, 0.25) is 5.91 Å². The summed E-state index contributed by atoms with van der Waals surface area (Å²) < 4.78 is 0. The van der Waals surface area contributed by atoms with Gasteiger partial charge in [0.1, 0.15) is 0 Å². The Morgan fingerprint density at radius 2 is 1.60 bits per heavy atom. The predicted octanol–water partition coefficient (Wildman–Crippen LogP) is 3.49. The Morgan fingerprint density at radius 1 is 0.880 bits per heavy atom. The molecule has 1 aromatic heterocycles. The Labute approximate surface area is 154 Å². The molecule has 0 saturated carbocycles. The molecule has 1 aliphatic carbocycles. The molecule has 0 spiro atoms. The van der Waals surface area contributed by atoms with Crippen molar-refractivity contribution in [1.29, 1.82) is 0 Å². The molecular formula is C20H28N2O2S. The third-order valence-corrected chi connectivity index (χ3v) is 7.23. The molecular weight excluding hydrogens is 332 g/mol. The summed E-state index contributed by atoms with van der Waals surface area (Å²) in [6, 6.07) is 2.13. The summed E-state index contributed by atoms with van der Waals surface area (Å²) in [7, 11) is 0. The molecule has 2 amide bonds. The molecule has 0 bridgehead atoms. The van der Waals surface area contributed by atoms with Gasteiger partial charge in [-0.3, -0.25) is 9.59 Å². The van der Waals surface area contributed by atoms with E-state index in [1.54, 1.807) is 11.3 Å². The fraction of sp³-hybridized carbons (Fsp3) is 0.700. The van der Waals surface area contributed by atoms with E-state index in [1.165, 1.54) is 29.7 Å². The summed E-state index contributed by atoms with van der Waals surface area (Å²) in [4.78, 5) is 31.8. The molecule has 0 unspecified atom stereocenters. The van der Waals surface area contributed by atoms with Crippen molar-refractivity contribution < 1.29 is 9.59 Å². The quantitative estimate of drug-likeness (QED) is 0.810. The minimum absolute atomic E-state index is 0.124. The van der Waals surface area contributed by atoms with Crippen LogP contribution in [-0.2, 0) is 17.6 Å². The maximum atomic E-state index is 12.8. The lowest BCUT2D eigenvalue weighted by atomic mass is 9.94. The standard InChI is InChI=1S/C20H28N2O2S/c23-19(21-10-4-1-5-11-21)15-8-12-22(13-9-15)20(24)18-14-16-6-2-3-7-17(16)25-18/h14-15H,1-13H2. The third-order valence-electron chi connectivity index (χ3n) is 6.01. The number of aryl methyl sites for hydroxylation is 2. The van der Waals surface area contributed by atoms with Gasteiger partial charge in [-0.05, 0) is 69.4 Å². The third kappa shape index (κ3) is 3.62. The van der Waals surface area contributed by atoms with Crippen LogP contribution in [0.1, 0.15) is 65.1 Å². The molecule has 3 aliphatic rings. The van der Waals surface area contributed by atoms with Crippen LogP contribution in [-0.4, -0.2) is 47.8 Å². The highest BCUT2D eigenvalue weighted by Gasteiger charge is 2.31. The first-order chi connectivity index (χ1) is 12.2. The fourth-order valence-electron chi connectivity index (χ4n) is 4.45. The largest absolute Gasteiger partial charge is 0.342 e. The van der Waals surface area contributed by atoms with Crippen molar-refractivity contribution in [3.05, 3.63) is 21.4 Å². The molecule has 1 aromatic rings. The van der Waals surface area contributed by atoms with Crippen molar-refractivity contribution in [3.8, 4) is 0 Å². The van der Waals surface area contributed by atoms with Crippen LogP contribution in [0.2, 0.25) is 0 Å². The minimum atomic E-state index is 0.124. The highest BCUT2D eigenvalue weighted by atomic mass is 32.1. The first-order valence-corrected chi connectivity index (χ1v) is 10.7. The Morgan fingerprint density at radius 3 is 2.32 bits per heavy atom. The second kappa shape index (κ2) is 7.48. The summed E-state index contributed by atoms with van der Waals surface area (Å²) >= 11 is 1.70. The Hall–Kier alpha value is -1.36. The highest BCUT2D eigenvalue weighted by molar-refractivity contribution is 7.14. The maximum Gasteiger partial charge on any atom is 0.263 e. The smallest absolute Gasteiger partial charge is 0.263 e. The molecule has 2 aliphatic heterocycles. The monoisotopic (exact) mass is 360 g/mol. The molecule has 3 heterocycles. The van der Waals surface area contributed by atoms with Crippen LogP contribution in [0, 0.1) is 5.92 Å². The van der Waals surface area contributed by atoms with Crippen LogP contribution in [0.15, 0.2) is 6.07 Å². The SMILES string of the molecule is O=C(c1cc2c(s1)CCCC2)N1CCC(C(=O)N2CCCCC2)CC1. The number of hydrogen-bond donors (Lipinski definition) is 0. The van der Waals surface area contributed by atoms with E-state index in [2.05, 4.69) is 11.0 Å². The lowest BCUT2D eigenvalue weighted by Crippen LogP contribution is -2.45. The number of nitrogens with zero attached hydrogens (tertiary/aromatic N) is 2. The van der Waals surface area contributed by atoms with Gasteiger partial charge < -0.3 is 9.80 Å². The van der Waals surface area contributed by atoms with E-state index in [1.807, 2.05) is 4.90 Å². The van der Waals surface area contributed by atoms with Crippen LogP contribution >= 0.6 is 11.3 Å². The number of carbonyl (C=O) groups is 2. The highest BCUT2D eigenvalue weighted by Crippen LogP contribution is 2.31. The Kier molecular flexibility index (Phi) is 5.11. The van der Waals surface area contributed by atoms with Crippen LogP contribution < -0.4 is 0 Å². The molecule has 25 heavy (non-hydrogen) atoms. The number of likely N-dealkylation sites (tertiary alicyclic amines) is 2. The molecule has 0 atom stereocenters. The molecule has 5 heteroatoms. The Bertz CT molecular complexity index is 617. The second-order valence-electron chi connectivity index (χ2n) is 7.72. The molecule has 0 radical (unpaired) electrons. The van der Waals surface area contributed by atoms with E-state index in [0.29, 0.717) is 5.91 Å². The van der Waals surface area contributed by atoms with Crippen molar-refractivity contribution in [2.24, 2.45) is 5.92 Å². The number of carbonyl (C=O) groups excluding carboxylic acids is 2. The number of hydrogen-bond acceptors (Lipinski definition) is 3. The van der Waals surface area contributed by atoms with E-state index < -0.39 is 0 Å². The zero-order valence-electron chi connectivity index (χ0n) is 15.0. The summed E-state index contributed by atoms with van der Waals surface area (Å²) in [5.74, 6) is 0.639. The van der Waals surface area contributed by atoms with Crippen LogP contribution in [0.4, 0.5) is 0 Å². The van der Waals surface area contributed by atoms with E-state index in [-0.39, 0.29) is 11.8 Å². The van der Waals surface area contributed by atoms with Crippen molar-refractivity contribution in [1.82, 2.24) is 9.80 Å². The van der Waals surface area contributed by atoms with Crippen LogP contribution in [0.3, 0.4) is 0 Å². The second-order valence-corrected chi connectivity index (χ2v) is 8.86. The molecule has 2 saturated heterocycles. The fourth-order valence-corrected chi connectivity index (χ4v) is 5.68. The lowest BCUT2D eigenvalue weighted by Gasteiger charge is -2.35. The van der Waals surface area contributed by atoms with Gasteiger partial charge in [-0.1, -0.05) is 0 Å². The van der Waals surface area contributed by atoms with Crippen molar-refractivity contribution >= 4 is 23.2 Å². The maximum absolute atomic E-state index is 12.8. The lowest BCUT2D eigenvalue weighted by molar-refractivity contribution is -0.137. The average Bonchev–Trinajstić information content (AvgIpc) is 3.12. The molecule has 4 nitrogen and oxygen atoms in total. The van der Waals surface area contributed by atoms with E-state index in [0.717, 1.165) is 69.6 Å². The molecule has 0 N–H and O–H groups in total. The number of fused-ring (bicyclic) bond motifs is 1. The predicted molar refractivity (Wildman–Crippen MR) is 100 cm³/mol. The van der Waals surface area contributed by atoms with E-state index >= 15 is 0 Å². The zero-order chi connectivity index (χ0) is 17.2. The van der Waals surface area contributed by atoms with E-state index in [4.69, 9.17) is 0 Å². The Balaban J connectivity index is 1.34. The summed E-state index contributed by atoms with van der Waals surface area (Å²) in [6.45, 7) is 3.31. The number of piperidine rings is 2. The summed E-state index contributed by atoms with van der Waals surface area (Å²) in [5, 5.41) is 0. The molecule has 4 rings (SSSR count). The van der Waals surface area contributed by atoms with Gasteiger partial charge in [-0.25, -0.2) is 0 Å². The first kappa shape index (κ1) is 17.1. The normalized spacial score (nSPS) is 21.9. The van der Waals surface area contributed by atoms with Crippen LogP contribution in [0.5, 0.6) is 0 Å². The number of rotatable bonds is 2. The van der Waals surface area contributed by atoms with Crippen molar-refractivity contribution in [2.45, 2.75) is 57.8 Å². The summed E-state index contributed by atoms with van der Waals surface area (Å²) in [6.07, 6.45) is 9.97. The summed E-state index contributed by atoms with van der Waals surface area (Å²) in [5.41, 5.74) is 1.40. The number of thiophene rings is 1. The molecule has 136 valence electrons. The van der Waals surface area contributed by atoms with Crippen LogP contribution in [0.25, 0.3) is 0 Å².